The molecule has 20 heavy (non-hydrogen) atoms. The van der Waals surface area contributed by atoms with Crippen molar-refractivity contribution >= 4 is 15.9 Å². The summed E-state index contributed by atoms with van der Waals surface area (Å²) in [6.45, 7) is 6.09. The second kappa shape index (κ2) is 6.99. The van der Waals surface area contributed by atoms with Crippen LogP contribution in [0.25, 0.3) is 11.3 Å². The Morgan fingerprint density at radius 2 is 2.20 bits per heavy atom. The van der Waals surface area contributed by atoms with Gasteiger partial charge in [-0.25, -0.2) is 9.37 Å². The minimum atomic E-state index is -0.319. The molecular weight excluding hydrogens is 323 g/mol. The van der Waals surface area contributed by atoms with E-state index in [-0.39, 0.29) is 5.82 Å². The molecule has 0 saturated heterocycles. The number of hydrogen-bond donors (Lipinski definition) is 1. The molecule has 108 valence electrons. The zero-order valence-corrected chi connectivity index (χ0v) is 13.2. The minimum absolute atomic E-state index is 0.319. The Kier molecular flexibility index (Phi) is 5.31. The van der Waals surface area contributed by atoms with Crippen LogP contribution >= 0.6 is 15.9 Å². The number of aromatic nitrogens is 1. The van der Waals surface area contributed by atoms with Crippen LogP contribution < -0.4 is 5.32 Å². The molecule has 0 unspecified atom stereocenters. The van der Waals surface area contributed by atoms with Gasteiger partial charge in [-0.1, -0.05) is 29.8 Å². The van der Waals surface area contributed by atoms with Crippen LogP contribution in [-0.4, -0.2) is 18.1 Å². The van der Waals surface area contributed by atoms with E-state index in [9.17, 15) is 4.39 Å². The topological polar surface area (TPSA) is 38.1 Å². The van der Waals surface area contributed by atoms with Crippen LogP contribution in [0.3, 0.4) is 0 Å². The quantitative estimate of drug-likeness (QED) is 0.806. The number of rotatable bonds is 6. The Hall–Kier alpha value is -1.20. The predicted molar refractivity (Wildman–Crippen MR) is 81.0 cm³/mol. The highest BCUT2D eigenvalue weighted by Crippen LogP contribution is 2.26. The smallest absolute Gasteiger partial charge is 0.196 e. The lowest BCUT2D eigenvalue weighted by Gasteiger charge is -2.05. The molecule has 0 radical (unpaired) electrons. The molecular formula is C15H18BrFN2O. The maximum absolute atomic E-state index is 13.8. The van der Waals surface area contributed by atoms with E-state index in [1.54, 1.807) is 18.3 Å². The molecule has 1 aromatic carbocycles. The Labute approximate surface area is 126 Å². The monoisotopic (exact) mass is 340 g/mol. The van der Waals surface area contributed by atoms with E-state index in [4.69, 9.17) is 4.42 Å². The van der Waals surface area contributed by atoms with Crippen molar-refractivity contribution in [3.63, 3.8) is 0 Å². The molecule has 2 aromatic rings. The summed E-state index contributed by atoms with van der Waals surface area (Å²) >= 11 is 3.23. The van der Waals surface area contributed by atoms with Crippen molar-refractivity contribution < 1.29 is 8.81 Å². The van der Waals surface area contributed by atoms with E-state index in [1.807, 2.05) is 0 Å². The molecule has 2 rings (SSSR count). The summed E-state index contributed by atoms with van der Waals surface area (Å²) in [6, 6.07) is 4.88. The van der Waals surface area contributed by atoms with Crippen LogP contribution in [0.2, 0.25) is 0 Å². The fraction of sp³-hybridized carbons (Fsp3) is 0.400. The molecule has 1 aromatic heterocycles. The normalized spacial score (nSPS) is 11.2. The van der Waals surface area contributed by atoms with Gasteiger partial charge in [-0.05, 0) is 30.7 Å². The van der Waals surface area contributed by atoms with E-state index in [0.29, 0.717) is 34.0 Å². The Morgan fingerprint density at radius 3 is 2.90 bits per heavy atom. The summed E-state index contributed by atoms with van der Waals surface area (Å²) in [6.07, 6.45) is 2.27. The highest BCUT2D eigenvalue weighted by molar-refractivity contribution is 9.10. The molecule has 0 amide bonds. The number of halogens is 2. The van der Waals surface area contributed by atoms with Gasteiger partial charge in [0.25, 0.3) is 0 Å². The van der Waals surface area contributed by atoms with E-state index in [1.165, 1.54) is 6.07 Å². The summed E-state index contributed by atoms with van der Waals surface area (Å²) in [5.74, 6) is 1.39. The van der Waals surface area contributed by atoms with Gasteiger partial charge in [-0.3, -0.25) is 0 Å². The maximum atomic E-state index is 13.8. The number of nitrogens with zero attached hydrogens (tertiary/aromatic N) is 1. The van der Waals surface area contributed by atoms with Gasteiger partial charge >= 0.3 is 0 Å². The number of nitrogens with one attached hydrogen (secondary N) is 1. The van der Waals surface area contributed by atoms with Crippen molar-refractivity contribution in [3.05, 3.63) is 40.6 Å². The summed E-state index contributed by atoms with van der Waals surface area (Å²) in [5.41, 5.74) is 0.432. The summed E-state index contributed by atoms with van der Waals surface area (Å²) in [5, 5.41) is 3.32. The molecule has 0 spiro atoms. The van der Waals surface area contributed by atoms with Crippen molar-refractivity contribution in [3.8, 4) is 11.3 Å². The van der Waals surface area contributed by atoms with Crippen LogP contribution in [0.1, 0.15) is 19.7 Å². The number of hydrogen-bond acceptors (Lipinski definition) is 3. The third-order valence-corrected chi connectivity index (χ3v) is 3.31. The fourth-order valence-electron chi connectivity index (χ4n) is 1.83. The third kappa shape index (κ3) is 4.15. The average molecular weight is 341 g/mol. The van der Waals surface area contributed by atoms with E-state index in [2.05, 4.69) is 40.1 Å². The maximum Gasteiger partial charge on any atom is 0.196 e. The fourth-order valence-corrected chi connectivity index (χ4v) is 2.16. The second-order valence-corrected chi connectivity index (χ2v) is 6.01. The highest BCUT2D eigenvalue weighted by atomic mass is 79.9. The van der Waals surface area contributed by atoms with Gasteiger partial charge in [0.1, 0.15) is 5.82 Å². The van der Waals surface area contributed by atoms with Crippen LogP contribution in [0.4, 0.5) is 4.39 Å². The van der Waals surface area contributed by atoms with Crippen LogP contribution in [0, 0.1) is 11.7 Å². The Morgan fingerprint density at radius 1 is 1.40 bits per heavy atom. The number of oxazole rings is 1. The van der Waals surface area contributed by atoms with Gasteiger partial charge in [-0.2, -0.15) is 0 Å². The zero-order chi connectivity index (χ0) is 14.5. The van der Waals surface area contributed by atoms with Gasteiger partial charge in [0.05, 0.1) is 11.8 Å². The summed E-state index contributed by atoms with van der Waals surface area (Å²) in [7, 11) is 0. The molecule has 0 bridgehead atoms. The lowest BCUT2D eigenvalue weighted by Crippen LogP contribution is -2.22. The summed E-state index contributed by atoms with van der Waals surface area (Å²) < 4.78 is 20.1. The van der Waals surface area contributed by atoms with Crippen LogP contribution in [-0.2, 0) is 6.42 Å². The van der Waals surface area contributed by atoms with Crippen molar-refractivity contribution in [2.75, 3.05) is 13.1 Å². The molecule has 0 fully saturated rings. The Bertz CT molecular complexity index is 569. The molecule has 1 N–H and O–H groups in total. The largest absolute Gasteiger partial charge is 0.441 e. The predicted octanol–water partition coefficient (Wildman–Crippen LogP) is 4.03. The van der Waals surface area contributed by atoms with Gasteiger partial charge in [-0.15, -0.1) is 0 Å². The van der Waals surface area contributed by atoms with Crippen LogP contribution in [0.5, 0.6) is 0 Å². The molecule has 0 aliphatic rings. The van der Waals surface area contributed by atoms with Gasteiger partial charge < -0.3 is 9.73 Å². The van der Waals surface area contributed by atoms with Gasteiger partial charge in [0.2, 0.25) is 0 Å². The highest BCUT2D eigenvalue weighted by Gasteiger charge is 2.11. The second-order valence-electron chi connectivity index (χ2n) is 5.09. The SMILES string of the molecule is CC(C)CNCCc1ncc(-c2ccc(Br)cc2F)o1. The van der Waals surface area contributed by atoms with Crippen molar-refractivity contribution in [2.45, 2.75) is 20.3 Å². The number of benzene rings is 1. The first-order valence-corrected chi connectivity index (χ1v) is 7.46. The lowest BCUT2D eigenvalue weighted by atomic mass is 10.2. The molecule has 5 heteroatoms. The van der Waals surface area contributed by atoms with Crippen LogP contribution in [0.15, 0.2) is 33.3 Å². The van der Waals surface area contributed by atoms with E-state index >= 15 is 0 Å². The third-order valence-electron chi connectivity index (χ3n) is 2.82. The van der Waals surface area contributed by atoms with Crippen molar-refractivity contribution in [1.82, 2.24) is 10.3 Å². The standard InChI is InChI=1S/C15H18BrFN2O/c1-10(2)8-18-6-5-15-19-9-14(20-15)12-4-3-11(16)7-13(12)17/h3-4,7,9-10,18H,5-6,8H2,1-2H3. The first-order valence-electron chi connectivity index (χ1n) is 6.67. The first kappa shape index (κ1) is 15.2. The molecule has 0 aliphatic heterocycles. The zero-order valence-electron chi connectivity index (χ0n) is 11.6. The Balaban J connectivity index is 1.98. The van der Waals surface area contributed by atoms with Gasteiger partial charge in [0, 0.05) is 17.4 Å². The summed E-state index contributed by atoms with van der Waals surface area (Å²) in [4.78, 5) is 4.19. The minimum Gasteiger partial charge on any atom is -0.441 e. The first-order chi connectivity index (χ1) is 9.56. The molecule has 0 atom stereocenters. The molecule has 3 nitrogen and oxygen atoms in total. The molecule has 0 saturated carbocycles. The van der Waals surface area contributed by atoms with Gasteiger partial charge in [0.15, 0.2) is 11.7 Å². The van der Waals surface area contributed by atoms with Crippen molar-refractivity contribution in [1.29, 1.82) is 0 Å². The van der Waals surface area contributed by atoms with E-state index < -0.39 is 0 Å². The molecule has 0 aliphatic carbocycles. The van der Waals surface area contributed by atoms with Crippen molar-refractivity contribution in [2.24, 2.45) is 5.92 Å². The molecule has 1 heterocycles. The van der Waals surface area contributed by atoms with E-state index in [0.717, 1.165) is 13.1 Å². The lowest BCUT2D eigenvalue weighted by molar-refractivity contribution is 0.480. The average Bonchev–Trinajstić information content (AvgIpc) is 2.83.